The fourth-order valence-corrected chi connectivity index (χ4v) is 4.06. The number of benzene rings is 2. The van der Waals surface area contributed by atoms with Gasteiger partial charge in [0, 0.05) is 24.2 Å². The second kappa shape index (κ2) is 9.46. The lowest BCUT2D eigenvalue weighted by molar-refractivity contribution is -0.147. The average Bonchev–Trinajstić information content (AvgIpc) is 3.15. The molecule has 0 spiro atoms. The van der Waals surface area contributed by atoms with Crippen LogP contribution >= 0.6 is 0 Å². The van der Waals surface area contributed by atoms with Crippen LogP contribution in [0.4, 0.5) is 5.69 Å². The summed E-state index contributed by atoms with van der Waals surface area (Å²) in [5.41, 5.74) is 5.55. The summed E-state index contributed by atoms with van der Waals surface area (Å²) in [4.78, 5) is 39.6. The van der Waals surface area contributed by atoms with Crippen molar-refractivity contribution in [2.75, 3.05) is 18.1 Å². The van der Waals surface area contributed by atoms with Gasteiger partial charge in [-0.15, -0.1) is 0 Å². The Bertz CT molecular complexity index is 1010. The van der Waals surface area contributed by atoms with E-state index in [0.29, 0.717) is 11.5 Å². The maximum Gasteiger partial charge on any atom is 0.311 e. The molecule has 164 valence electrons. The number of aryl methyl sites for hydroxylation is 3. The van der Waals surface area contributed by atoms with Gasteiger partial charge in [-0.3, -0.25) is 14.4 Å². The van der Waals surface area contributed by atoms with Crippen LogP contribution in [0.15, 0.2) is 36.4 Å². The van der Waals surface area contributed by atoms with E-state index in [2.05, 4.69) is 13.8 Å². The molecule has 1 saturated heterocycles. The summed E-state index contributed by atoms with van der Waals surface area (Å²) in [5.74, 6) is -1.06. The first kappa shape index (κ1) is 22.7. The zero-order valence-corrected chi connectivity index (χ0v) is 19.0. The van der Waals surface area contributed by atoms with Crippen LogP contribution in [-0.4, -0.2) is 30.8 Å². The van der Waals surface area contributed by atoms with Crippen molar-refractivity contribution in [3.05, 3.63) is 64.2 Å². The Labute approximate surface area is 184 Å². The van der Waals surface area contributed by atoms with Crippen LogP contribution in [0, 0.1) is 26.7 Å². The Kier molecular flexibility index (Phi) is 6.94. The lowest BCUT2D eigenvalue weighted by atomic mass is 9.96. The predicted octanol–water partition coefficient (Wildman–Crippen LogP) is 4.90. The number of amides is 1. The molecule has 5 heteroatoms. The van der Waals surface area contributed by atoms with E-state index in [4.69, 9.17) is 4.74 Å². The third kappa shape index (κ3) is 4.87. The van der Waals surface area contributed by atoms with Crippen molar-refractivity contribution in [1.82, 2.24) is 0 Å². The standard InChI is InChI=1S/C26H31NO4/c1-6-16(2)21-9-7-8-10-23(21)27-14-20(13-25(27)29)26(30)31-15-24(28)22-12-18(4)17(3)11-19(22)5/h7-12,16,20H,6,13-15H2,1-5H3/t16-,20-/m0/s1. The molecule has 1 heterocycles. The van der Waals surface area contributed by atoms with Crippen LogP contribution in [0.2, 0.25) is 0 Å². The third-order valence-electron chi connectivity index (χ3n) is 6.32. The number of esters is 1. The van der Waals surface area contributed by atoms with Crippen molar-refractivity contribution in [3.63, 3.8) is 0 Å². The zero-order valence-electron chi connectivity index (χ0n) is 19.0. The molecular weight excluding hydrogens is 390 g/mol. The molecule has 31 heavy (non-hydrogen) atoms. The van der Waals surface area contributed by atoms with Gasteiger partial charge in [0.25, 0.3) is 0 Å². The summed E-state index contributed by atoms with van der Waals surface area (Å²) in [5, 5.41) is 0. The molecule has 0 aliphatic carbocycles. The summed E-state index contributed by atoms with van der Waals surface area (Å²) in [6, 6.07) is 11.6. The normalized spacial score (nSPS) is 17.0. The molecule has 1 aliphatic heterocycles. The summed E-state index contributed by atoms with van der Waals surface area (Å²) in [7, 11) is 0. The average molecular weight is 422 g/mol. The molecule has 3 rings (SSSR count). The van der Waals surface area contributed by atoms with Gasteiger partial charge in [0.05, 0.1) is 5.92 Å². The lowest BCUT2D eigenvalue weighted by Crippen LogP contribution is -2.28. The van der Waals surface area contributed by atoms with Crippen LogP contribution in [0.25, 0.3) is 0 Å². The van der Waals surface area contributed by atoms with E-state index >= 15 is 0 Å². The molecular formula is C26H31NO4. The van der Waals surface area contributed by atoms with Gasteiger partial charge in [-0.1, -0.05) is 38.1 Å². The molecule has 2 atom stereocenters. The highest BCUT2D eigenvalue weighted by atomic mass is 16.5. The van der Waals surface area contributed by atoms with Gasteiger partial charge in [0.1, 0.15) is 0 Å². The van der Waals surface area contributed by atoms with Gasteiger partial charge >= 0.3 is 5.97 Å². The molecule has 1 amide bonds. The first-order valence-electron chi connectivity index (χ1n) is 10.9. The smallest absolute Gasteiger partial charge is 0.311 e. The van der Waals surface area contributed by atoms with E-state index in [0.717, 1.165) is 34.4 Å². The summed E-state index contributed by atoms with van der Waals surface area (Å²) < 4.78 is 5.33. The van der Waals surface area contributed by atoms with E-state index in [1.54, 1.807) is 4.90 Å². The second-order valence-electron chi connectivity index (χ2n) is 8.56. The molecule has 0 saturated carbocycles. The monoisotopic (exact) mass is 421 g/mol. The highest BCUT2D eigenvalue weighted by Crippen LogP contribution is 2.33. The topological polar surface area (TPSA) is 63.7 Å². The zero-order chi connectivity index (χ0) is 22.7. The van der Waals surface area contributed by atoms with Crippen LogP contribution in [0.5, 0.6) is 0 Å². The minimum absolute atomic E-state index is 0.0889. The molecule has 0 bridgehead atoms. The first-order valence-corrected chi connectivity index (χ1v) is 10.9. The minimum Gasteiger partial charge on any atom is -0.457 e. The molecule has 1 aliphatic rings. The number of para-hydroxylation sites is 1. The molecule has 1 fully saturated rings. The third-order valence-corrected chi connectivity index (χ3v) is 6.32. The molecule has 5 nitrogen and oxygen atoms in total. The van der Waals surface area contributed by atoms with Crippen molar-refractivity contribution in [2.24, 2.45) is 5.92 Å². The Morgan fingerprint density at radius 1 is 1.10 bits per heavy atom. The molecule has 2 aromatic rings. The van der Waals surface area contributed by atoms with E-state index in [1.807, 2.05) is 57.2 Å². The highest BCUT2D eigenvalue weighted by Gasteiger charge is 2.37. The van der Waals surface area contributed by atoms with Crippen LogP contribution < -0.4 is 4.90 Å². The van der Waals surface area contributed by atoms with Gasteiger partial charge in [-0.2, -0.15) is 0 Å². The molecule has 0 aromatic heterocycles. The van der Waals surface area contributed by atoms with Gasteiger partial charge in [-0.05, 0) is 67.5 Å². The first-order chi connectivity index (χ1) is 14.7. The fourth-order valence-electron chi connectivity index (χ4n) is 4.06. The van der Waals surface area contributed by atoms with Crippen molar-refractivity contribution < 1.29 is 19.1 Å². The number of nitrogens with zero attached hydrogens (tertiary/aromatic N) is 1. The summed E-state index contributed by atoms with van der Waals surface area (Å²) >= 11 is 0. The minimum atomic E-state index is -0.564. The van der Waals surface area contributed by atoms with Crippen molar-refractivity contribution in [2.45, 2.75) is 53.4 Å². The van der Waals surface area contributed by atoms with Crippen LogP contribution in [0.1, 0.15) is 65.2 Å². The maximum absolute atomic E-state index is 12.7. The van der Waals surface area contributed by atoms with Crippen molar-refractivity contribution in [3.8, 4) is 0 Å². The fraction of sp³-hybridized carbons (Fsp3) is 0.423. The number of hydrogen-bond donors (Lipinski definition) is 0. The SMILES string of the molecule is CC[C@H](C)c1ccccc1N1C[C@@H](C(=O)OCC(=O)c2cc(C)c(C)cc2C)CC1=O. The maximum atomic E-state index is 12.7. The van der Waals surface area contributed by atoms with Crippen molar-refractivity contribution in [1.29, 1.82) is 0 Å². The molecule has 0 N–H and O–H groups in total. The summed E-state index contributed by atoms with van der Waals surface area (Å²) in [6.45, 7) is 10.0. The Morgan fingerprint density at radius 2 is 1.77 bits per heavy atom. The summed E-state index contributed by atoms with van der Waals surface area (Å²) in [6.07, 6.45) is 1.06. The molecule has 0 radical (unpaired) electrons. The highest BCUT2D eigenvalue weighted by molar-refractivity contribution is 6.02. The second-order valence-corrected chi connectivity index (χ2v) is 8.56. The molecule has 2 aromatic carbocycles. The number of anilines is 1. The van der Waals surface area contributed by atoms with E-state index < -0.39 is 11.9 Å². The Balaban J connectivity index is 1.66. The lowest BCUT2D eigenvalue weighted by Gasteiger charge is -2.23. The number of rotatable bonds is 7. The van der Waals surface area contributed by atoms with E-state index in [9.17, 15) is 14.4 Å². The van der Waals surface area contributed by atoms with Gasteiger partial charge in [-0.25, -0.2) is 0 Å². The number of Topliss-reactive ketones (excluding diaryl/α,β-unsaturated/α-hetero) is 1. The number of ketones is 1. The quantitative estimate of drug-likeness (QED) is 0.471. The molecule has 0 unspecified atom stereocenters. The largest absolute Gasteiger partial charge is 0.457 e. The number of carbonyl (C=O) groups is 3. The van der Waals surface area contributed by atoms with E-state index in [1.165, 1.54) is 0 Å². The van der Waals surface area contributed by atoms with Crippen LogP contribution in [0.3, 0.4) is 0 Å². The van der Waals surface area contributed by atoms with Gasteiger partial charge in [0.15, 0.2) is 6.61 Å². The Morgan fingerprint density at radius 3 is 2.48 bits per heavy atom. The number of hydrogen-bond acceptors (Lipinski definition) is 4. The van der Waals surface area contributed by atoms with Gasteiger partial charge < -0.3 is 9.64 Å². The predicted molar refractivity (Wildman–Crippen MR) is 122 cm³/mol. The van der Waals surface area contributed by atoms with Gasteiger partial charge in [0.2, 0.25) is 11.7 Å². The van der Waals surface area contributed by atoms with Crippen LogP contribution in [-0.2, 0) is 14.3 Å². The number of carbonyl (C=O) groups excluding carboxylic acids is 3. The van der Waals surface area contributed by atoms with Crippen molar-refractivity contribution >= 4 is 23.3 Å². The Hall–Kier alpha value is -2.95. The number of ether oxygens (including phenoxy) is 1. The van der Waals surface area contributed by atoms with E-state index in [-0.39, 0.29) is 31.3 Å².